The van der Waals surface area contributed by atoms with E-state index in [2.05, 4.69) is 38.4 Å². The molecule has 3 aliphatic heterocycles. The fourth-order valence-corrected chi connectivity index (χ4v) is 5.06. The van der Waals surface area contributed by atoms with Crippen molar-refractivity contribution < 1.29 is 14.3 Å². The number of ether oxygens (including phenoxy) is 1. The first kappa shape index (κ1) is 22.5. The van der Waals surface area contributed by atoms with Gasteiger partial charge in [-0.2, -0.15) is 4.68 Å². The maximum atomic E-state index is 13.3. The summed E-state index contributed by atoms with van der Waals surface area (Å²) in [6.07, 6.45) is 7.09. The summed E-state index contributed by atoms with van der Waals surface area (Å²) in [5.74, 6) is 0.383. The molecule has 0 radical (unpaired) electrons. The van der Waals surface area contributed by atoms with Crippen LogP contribution in [-0.2, 0) is 16.0 Å². The third kappa shape index (κ3) is 4.27. The third-order valence-electron chi connectivity index (χ3n) is 7.17. The number of esters is 1. The first-order valence-corrected chi connectivity index (χ1v) is 11.9. The molecule has 1 atom stereocenters. The zero-order valence-corrected chi connectivity index (χ0v) is 19.6. The minimum Gasteiger partial charge on any atom is -0.456 e. The van der Waals surface area contributed by atoms with Crippen LogP contribution >= 0.6 is 0 Å². The van der Waals surface area contributed by atoms with Gasteiger partial charge in [0.25, 0.3) is 0 Å². The molecule has 1 unspecified atom stereocenters. The molecule has 0 spiro atoms. The Morgan fingerprint density at radius 2 is 2.00 bits per heavy atom. The molecular formula is C23H30N8O3. The fourth-order valence-electron chi connectivity index (χ4n) is 5.06. The molecule has 2 amide bonds. The Kier molecular flexibility index (Phi) is 6.27. The zero-order chi connectivity index (χ0) is 23.7. The summed E-state index contributed by atoms with van der Waals surface area (Å²) >= 11 is 0. The predicted molar refractivity (Wildman–Crippen MR) is 122 cm³/mol. The van der Waals surface area contributed by atoms with Gasteiger partial charge >= 0.3 is 12.0 Å². The summed E-state index contributed by atoms with van der Waals surface area (Å²) in [5.41, 5.74) is 2.47. The number of tetrazole rings is 1. The Labute approximate surface area is 198 Å². The van der Waals surface area contributed by atoms with Crippen LogP contribution in [0.25, 0.3) is 5.82 Å². The summed E-state index contributed by atoms with van der Waals surface area (Å²) in [6.45, 7) is 7.64. The van der Waals surface area contributed by atoms with Gasteiger partial charge in [0.05, 0.1) is 17.3 Å². The van der Waals surface area contributed by atoms with E-state index >= 15 is 0 Å². The van der Waals surface area contributed by atoms with Crippen molar-refractivity contribution in [2.75, 3.05) is 32.8 Å². The lowest BCUT2D eigenvalue weighted by Gasteiger charge is -2.36. The molecule has 2 aromatic rings. The van der Waals surface area contributed by atoms with E-state index in [9.17, 15) is 9.59 Å². The number of likely N-dealkylation sites (tertiary alicyclic amines) is 1. The molecule has 2 saturated heterocycles. The number of rotatable bonds is 7. The third-order valence-corrected chi connectivity index (χ3v) is 7.17. The van der Waals surface area contributed by atoms with Crippen LogP contribution in [0.1, 0.15) is 38.7 Å². The van der Waals surface area contributed by atoms with Crippen molar-refractivity contribution in [3.05, 3.63) is 41.5 Å². The van der Waals surface area contributed by atoms with Crippen molar-refractivity contribution in [3.63, 3.8) is 0 Å². The van der Waals surface area contributed by atoms with Gasteiger partial charge in [-0.05, 0) is 54.7 Å². The Hall–Kier alpha value is -3.34. The molecule has 0 aromatic carbocycles. The average molecular weight is 467 g/mol. The summed E-state index contributed by atoms with van der Waals surface area (Å²) < 4.78 is 6.70. The molecular weight excluding hydrogens is 436 g/mol. The van der Waals surface area contributed by atoms with E-state index in [4.69, 9.17) is 4.74 Å². The lowest BCUT2D eigenvalue weighted by atomic mass is 10.0. The van der Waals surface area contributed by atoms with Crippen LogP contribution in [0, 0.1) is 0 Å². The normalized spacial score (nSPS) is 22.2. The fraction of sp³-hybridized carbons (Fsp3) is 0.565. The van der Waals surface area contributed by atoms with E-state index in [1.54, 1.807) is 6.92 Å². The van der Waals surface area contributed by atoms with Gasteiger partial charge in [-0.3, -0.25) is 4.90 Å². The smallest absolute Gasteiger partial charge is 0.336 e. The lowest BCUT2D eigenvalue weighted by molar-refractivity contribution is -0.136. The van der Waals surface area contributed by atoms with Gasteiger partial charge in [0.2, 0.25) is 0 Å². The van der Waals surface area contributed by atoms with Crippen LogP contribution in [0.15, 0.2) is 35.9 Å². The molecule has 0 aliphatic carbocycles. The number of carbonyl (C=O) groups is 2. The Morgan fingerprint density at radius 1 is 1.18 bits per heavy atom. The molecule has 2 fully saturated rings. The maximum Gasteiger partial charge on any atom is 0.336 e. The molecule has 2 aromatic heterocycles. The number of hydrogen-bond acceptors (Lipinski definition) is 8. The average Bonchev–Trinajstić information content (AvgIpc) is 3.59. The van der Waals surface area contributed by atoms with Crippen LogP contribution in [0.4, 0.5) is 4.79 Å². The first-order chi connectivity index (χ1) is 16.5. The first-order valence-electron chi connectivity index (χ1n) is 11.9. The number of carbonyl (C=O) groups excluding carboxylic acids is 2. The zero-order valence-electron chi connectivity index (χ0n) is 19.6. The van der Waals surface area contributed by atoms with E-state index in [1.165, 1.54) is 16.6 Å². The summed E-state index contributed by atoms with van der Waals surface area (Å²) in [6, 6.07) is 4.33. The molecule has 34 heavy (non-hydrogen) atoms. The number of amides is 2. The highest BCUT2D eigenvalue weighted by Gasteiger charge is 2.44. The molecule has 3 aliphatic rings. The molecule has 5 heterocycles. The van der Waals surface area contributed by atoms with E-state index in [-0.39, 0.29) is 30.7 Å². The number of aromatic nitrogens is 5. The molecule has 0 bridgehead atoms. The Bertz CT molecular complexity index is 1060. The summed E-state index contributed by atoms with van der Waals surface area (Å²) in [5, 5.41) is 11.1. The second kappa shape index (κ2) is 9.49. The molecule has 5 rings (SSSR count). The van der Waals surface area contributed by atoms with Gasteiger partial charge in [-0.15, -0.1) is 5.10 Å². The second-order valence-electron chi connectivity index (χ2n) is 9.12. The number of pyridine rings is 1. The van der Waals surface area contributed by atoms with Gasteiger partial charge in [0.15, 0.2) is 5.82 Å². The second-order valence-corrected chi connectivity index (χ2v) is 9.12. The highest BCUT2D eigenvalue weighted by molar-refractivity contribution is 5.93. The minimum absolute atomic E-state index is 0.0201. The minimum atomic E-state index is -0.315. The van der Waals surface area contributed by atoms with Crippen molar-refractivity contribution in [2.45, 2.75) is 51.6 Å². The van der Waals surface area contributed by atoms with E-state index in [0.717, 1.165) is 51.0 Å². The van der Waals surface area contributed by atoms with Crippen LogP contribution in [0.5, 0.6) is 0 Å². The maximum absolute atomic E-state index is 13.3. The highest BCUT2D eigenvalue weighted by Crippen LogP contribution is 2.32. The standard InChI is InChI=1S/C23H30N8O3/c1-3-18-13-29(23(33)31(18)20-14-34-22(32)16(20)2)19-7-10-28(11-8-19)9-6-17-4-5-21(24-12-17)30-15-25-26-27-30/h4-5,12,15,18-19H,3,6-11,13-14H2,1-2H3. The SMILES string of the molecule is CCC1CN(C2CCN(CCc3ccc(-n4cnnn4)nc3)CC2)C(=O)N1C1=C(C)C(=O)OC1. The van der Waals surface area contributed by atoms with Crippen LogP contribution < -0.4 is 0 Å². The quantitative estimate of drug-likeness (QED) is 0.564. The van der Waals surface area contributed by atoms with E-state index < -0.39 is 0 Å². The largest absolute Gasteiger partial charge is 0.456 e. The van der Waals surface area contributed by atoms with Gasteiger partial charge in [-0.1, -0.05) is 13.0 Å². The van der Waals surface area contributed by atoms with Crippen LogP contribution in [0.2, 0.25) is 0 Å². The van der Waals surface area contributed by atoms with Gasteiger partial charge in [0, 0.05) is 38.4 Å². The van der Waals surface area contributed by atoms with Gasteiger partial charge < -0.3 is 14.5 Å². The summed E-state index contributed by atoms with van der Waals surface area (Å²) in [7, 11) is 0. The topological polar surface area (TPSA) is 110 Å². The van der Waals surface area contributed by atoms with Crippen LogP contribution in [-0.4, -0.2) is 96.8 Å². The number of cyclic esters (lactones) is 1. The number of piperidine rings is 1. The Morgan fingerprint density at radius 3 is 2.62 bits per heavy atom. The van der Waals surface area contributed by atoms with Crippen molar-refractivity contribution in [2.24, 2.45) is 0 Å². The molecule has 180 valence electrons. The van der Waals surface area contributed by atoms with E-state index in [0.29, 0.717) is 17.9 Å². The van der Waals surface area contributed by atoms with E-state index in [1.807, 2.05) is 22.1 Å². The van der Waals surface area contributed by atoms with Crippen molar-refractivity contribution in [1.82, 2.24) is 39.9 Å². The van der Waals surface area contributed by atoms with Crippen molar-refractivity contribution >= 4 is 12.0 Å². The molecule has 0 N–H and O–H groups in total. The molecule has 11 heteroatoms. The van der Waals surface area contributed by atoms with Crippen molar-refractivity contribution in [3.8, 4) is 5.82 Å². The molecule has 11 nitrogen and oxygen atoms in total. The van der Waals surface area contributed by atoms with Crippen LogP contribution in [0.3, 0.4) is 0 Å². The molecule has 0 saturated carbocycles. The van der Waals surface area contributed by atoms with Gasteiger partial charge in [-0.25, -0.2) is 14.6 Å². The van der Waals surface area contributed by atoms with Crippen molar-refractivity contribution in [1.29, 1.82) is 0 Å². The number of hydrogen-bond donors (Lipinski definition) is 0. The number of nitrogens with zero attached hydrogens (tertiary/aromatic N) is 8. The Balaban J connectivity index is 1.14. The highest BCUT2D eigenvalue weighted by atomic mass is 16.5. The lowest BCUT2D eigenvalue weighted by Crippen LogP contribution is -2.46. The summed E-state index contributed by atoms with van der Waals surface area (Å²) in [4.78, 5) is 35.9. The predicted octanol–water partition coefficient (Wildman–Crippen LogP) is 1.41. The number of urea groups is 1. The monoisotopic (exact) mass is 466 g/mol. The van der Waals surface area contributed by atoms with Gasteiger partial charge in [0.1, 0.15) is 12.9 Å².